The number of carbonyl (C=O) groups excluding carboxylic acids is 1. The van der Waals surface area contributed by atoms with E-state index in [0.717, 1.165) is 18.4 Å². The highest BCUT2D eigenvalue weighted by Gasteiger charge is 2.19. The molecule has 1 aromatic carbocycles. The molecule has 0 radical (unpaired) electrons. The lowest BCUT2D eigenvalue weighted by molar-refractivity contribution is -0.124. The number of carbonyl (C=O) groups is 2. The Bertz CT molecular complexity index is 543. The quantitative estimate of drug-likeness (QED) is 0.806. The van der Waals surface area contributed by atoms with Crippen molar-refractivity contribution < 1.29 is 19.4 Å². The van der Waals surface area contributed by atoms with Crippen molar-refractivity contribution in [2.45, 2.75) is 19.4 Å². The van der Waals surface area contributed by atoms with Crippen LogP contribution in [0.5, 0.6) is 5.75 Å². The summed E-state index contributed by atoms with van der Waals surface area (Å²) in [7, 11) is 1.42. The van der Waals surface area contributed by atoms with Crippen molar-refractivity contribution >= 4 is 11.9 Å². The van der Waals surface area contributed by atoms with Gasteiger partial charge < -0.3 is 15.2 Å². The largest absolute Gasteiger partial charge is 0.496 e. The number of amides is 1. The molecule has 5 heteroatoms. The molecule has 5 nitrogen and oxygen atoms in total. The van der Waals surface area contributed by atoms with E-state index in [2.05, 4.69) is 5.32 Å². The summed E-state index contributed by atoms with van der Waals surface area (Å²) in [5.74, 6) is -0.687. The van der Waals surface area contributed by atoms with Crippen molar-refractivity contribution in [1.82, 2.24) is 5.32 Å². The number of allylic oxidation sites excluding steroid dienone is 2. The van der Waals surface area contributed by atoms with Crippen molar-refractivity contribution in [1.29, 1.82) is 0 Å². The summed E-state index contributed by atoms with van der Waals surface area (Å²) >= 11 is 0. The van der Waals surface area contributed by atoms with Crippen LogP contribution in [0.4, 0.5) is 0 Å². The molecule has 0 heterocycles. The Balaban J connectivity index is 1.99. The van der Waals surface area contributed by atoms with Crippen LogP contribution in [0.15, 0.2) is 30.4 Å². The number of nitrogens with one attached hydrogen (secondary N) is 1. The third-order valence-electron chi connectivity index (χ3n) is 3.34. The van der Waals surface area contributed by atoms with E-state index in [1.165, 1.54) is 13.2 Å². The third kappa shape index (κ3) is 3.17. The van der Waals surface area contributed by atoms with E-state index >= 15 is 0 Å². The van der Waals surface area contributed by atoms with Gasteiger partial charge in [-0.05, 0) is 30.5 Å². The summed E-state index contributed by atoms with van der Waals surface area (Å²) in [4.78, 5) is 22.8. The first-order chi connectivity index (χ1) is 9.61. The smallest absolute Gasteiger partial charge is 0.339 e. The maximum atomic E-state index is 11.9. The summed E-state index contributed by atoms with van der Waals surface area (Å²) in [6.45, 7) is 0.367. The van der Waals surface area contributed by atoms with Crippen molar-refractivity contribution in [2.75, 3.05) is 7.11 Å². The molecule has 0 unspecified atom stereocenters. The van der Waals surface area contributed by atoms with E-state index in [9.17, 15) is 9.59 Å². The van der Waals surface area contributed by atoms with E-state index < -0.39 is 5.97 Å². The monoisotopic (exact) mass is 275 g/mol. The molecule has 0 fully saturated rings. The van der Waals surface area contributed by atoms with Gasteiger partial charge in [-0.25, -0.2) is 4.79 Å². The molecule has 0 saturated carbocycles. The number of rotatable bonds is 5. The molecule has 0 aromatic heterocycles. The summed E-state index contributed by atoms with van der Waals surface area (Å²) < 4.78 is 5.05. The minimum atomic E-state index is -1.03. The average molecular weight is 275 g/mol. The molecule has 20 heavy (non-hydrogen) atoms. The second kappa shape index (κ2) is 6.23. The van der Waals surface area contributed by atoms with E-state index in [4.69, 9.17) is 9.84 Å². The lowest BCUT2D eigenvalue weighted by atomic mass is 10.1. The van der Waals surface area contributed by atoms with Gasteiger partial charge in [0.1, 0.15) is 11.3 Å². The second-order valence-electron chi connectivity index (χ2n) is 4.70. The average Bonchev–Trinajstić information content (AvgIpc) is 2.98. The normalized spacial score (nSPS) is 14.2. The summed E-state index contributed by atoms with van der Waals surface area (Å²) in [5, 5.41) is 11.9. The fraction of sp³-hybridized carbons (Fsp3) is 0.333. The van der Waals surface area contributed by atoms with E-state index in [1.54, 1.807) is 12.1 Å². The lowest BCUT2D eigenvalue weighted by Gasteiger charge is -2.12. The Labute approximate surface area is 117 Å². The van der Waals surface area contributed by atoms with Gasteiger partial charge in [0.25, 0.3) is 0 Å². The van der Waals surface area contributed by atoms with Crippen LogP contribution in [0, 0.1) is 5.92 Å². The van der Waals surface area contributed by atoms with Crippen molar-refractivity contribution in [3.05, 3.63) is 41.5 Å². The summed E-state index contributed by atoms with van der Waals surface area (Å²) in [6.07, 6.45) is 5.59. The Morgan fingerprint density at radius 1 is 1.35 bits per heavy atom. The standard InChI is InChI=1S/C15H17NO4/c1-20-13-8-10(6-7-12(13)15(18)19)9-16-14(17)11-4-2-3-5-11/h2-3,6-8,11H,4-5,9H2,1H3,(H,16,17)(H,18,19). The number of carboxylic acids is 1. The minimum absolute atomic E-state index is 0.0233. The number of hydrogen-bond donors (Lipinski definition) is 2. The van der Waals surface area contributed by atoms with E-state index in [0.29, 0.717) is 12.3 Å². The number of benzene rings is 1. The lowest BCUT2D eigenvalue weighted by Crippen LogP contribution is -2.28. The van der Waals surface area contributed by atoms with Crippen LogP contribution in [0.1, 0.15) is 28.8 Å². The van der Waals surface area contributed by atoms with Crippen LogP contribution in [0.3, 0.4) is 0 Å². The molecule has 2 N–H and O–H groups in total. The van der Waals surface area contributed by atoms with Gasteiger partial charge in [0.15, 0.2) is 0 Å². The third-order valence-corrected chi connectivity index (χ3v) is 3.34. The Morgan fingerprint density at radius 2 is 2.05 bits per heavy atom. The molecule has 106 valence electrons. The van der Waals surface area contributed by atoms with Gasteiger partial charge in [-0.3, -0.25) is 4.79 Å². The highest BCUT2D eigenvalue weighted by Crippen LogP contribution is 2.21. The van der Waals surface area contributed by atoms with Crippen molar-refractivity contribution in [3.63, 3.8) is 0 Å². The Morgan fingerprint density at radius 3 is 2.65 bits per heavy atom. The maximum Gasteiger partial charge on any atom is 0.339 e. The molecule has 1 aliphatic carbocycles. The Kier molecular flexibility index (Phi) is 4.40. The van der Waals surface area contributed by atoms with Crippen LogP contribution >= 0.6 is 0 Å². The first-order valence-corrected chi connectivity index (χ1v) is 6.44. The van der Waals surface area contributed by atoms with Gasteiger partial charge in [0.05, 0.1) is 7.11 Å². The van der Waals surface area contributed by atoms with Crippen molar-refractivity contribution in [3.8, 4) is 5.75 Å². The van der Waals surface area contributed by atoms with Crippen LogP contribution < -0.4 is 10.1 Å². The van der Waals surface area contributed by atoms with Gasteiger partial charge in [0, 0.05) is 12.5 Å². The Hall–Kier alpha value is -2.30. The fourth-order valence-electron chi connectivity index (χ4n) is 2.19. The van der Waals surface area contributed by atoms with Gasteiger partial charge in [-0.1, -0.05) is 18.2 Å². The number of methoxy groups -OCH3 is 1. The zero-order chi connectivity index (χ0) is 14.5. The molecule has 1 amide bonds. The summed E-state index contributed by atoms with van der Waals surface area (Å²) in [6, 6.07) is 4.80. The van der Waals surface area contributed by atoms with Crippen LogP contribution in [0.25, 0.3) is 0 Å². The van der Waals surface area contributed by atoms with Gasteiger partial charge >= 0.3 is 5.97 Å². The molecular formula is C15H17NO4. The van der Waals surface area contributed by atoms with Crippen LogP contribution in [0.2, 0.25) is 0 Å². The number of hydrogen-bond acceptors (Lipinski definition) is 3. The number of ether oxygens (including phenoxy) is 1. The molecule has 0 aliphatic heterocycles. The molecule has 0 saturated heterocycles. The molecular weight excluding hydrogens is 258 g/mol. The molecule has 0 bridgehead atoms. The topological polar surface area (TPSA) is 75.6 Å². The maximum absolute atomic E-state index is 11.9. The molecule has 0 spiro atoms. The second-order valence-corrected chi connectivity index (χ2v) is 4.70. The van der Waals surface area contributed by atoms with Crippen LogP contribution in [-0.2, 0) is 11.3 Å². The first kappa shape index (κ1) is 14.1. The minimum Gasteiger partial charge on any atom is -0.496 e. The zero-order valence-corrected chi connectivity index (χ0v) is 11.3. The van der Waals surface area contributed by atoms with E-state index in [1.807, 2.05) is 12.2 Å². The van der Waals surface area contributed by atoms with Crippen LogP contribution in [-0.4, -0.2) is 24.1 Å². The van der Waals surface area contributed by atoms with Gasteiger partial charge in [-0.2, -0.15) is 0 Å². The first-order valence-electron chi connectivity index (χ1n) is 6.44. The molecule has 1 aliphatic rings. The number of carboxylic acid groups (broad SMARTS) is 1. The SMILES string of the molecule is COc1cc(CNC(=O)C2CC=CC2)ccc1C(=O)O. The van der Waals surface area contributed by atoms with Gasteiger partial charge in [-0.15, -0.1) is 0 Å². The molecule has 1 aromatic rings. The fourth-order valence-corrected chi connectivity index (χ4v) is 2.19. The van der Waals surface area contributed by atoms with Gasteiger partial charge in [0.2, 0.25) is 5.91 Å². The highest BCUT2D eigenvalue weighted by molar-refractivity contribution is 5.91. The number of aromatic carboxylic acids is 1. The highest BCUT2D eigenvalue weighted by atomic mass is 16.5. The molecule has 2 rings (SSSR count). The molecule has 0 atom stereocenters. The predicted molar refractivity (Wildman–Crippen MR) is 73.7 cm³/mol. The predicted octanol–water partition coefficient (Wildman–Crippen LogP) is 1.98. The van der Waals surface area contributed by atoms with E-state index in [-0.39, 0.29) is 17.4 Å². The zero-order valence-electron chi connectivity index (χ0n) is 11.3. The van der Waals surface area contributed by atoms with Crippen molar-refractivity contribution in [2.24, 2.45) is 5.92 Å². The summed E-state index contributed by atoms with van der Waals surface area (Å²) in [5.41, 5.74) is 0.925.